The summed E-state index contributed by atoms with van der Waals surface area (Å²) < 4.78 is 0. The van der Waals surface area contributed by atoms with E-state index in [0.29, 0.717) is 17.3 Å². The molecule has 1 N–H and O–H groups in total. The van der Waals surface area contributed by atoms with Crippen LogP contribution in [0.25, 0.3) is 0 Å². The van der Waals surface area contributed by atoms with Gasteiger partial charge >= 0.3 is 0 Å². The average molecular weight is 262 g/mol. The van der Waals surface area contributed by atoms with Crippen molar-refractivity contribution in [1.29, 1.82) is 0 Å². The fraction of sp³-hybridized carbons (Fsp3) is 0.824. The van der Waals surface area contributed by atoms with Crippen LogP contribution in [0, 0.1) is 23.2 Å². The topological polar surface area (TPSA) is 24.4 Å². The summed E-state index contributed by atoms with van der Waals surface area (Å²) in [4.78, 5) is 0. The predicted octanol–water partition coefficient (Wildman–Crippen LogP) is 4.73. The highest BCUT2D eigenvalue weighted by Crippen LogP contribution is 2.40. The first-order chi connectivity index (χ1) is 8.89. The molecule has 0 amide bonds. The van der Waals surface area contributed by atoms with Crippen LogP contribution >= 0.6 is 0 Å². The molecule has 1 aliphatic heterocycles. The zero-order valence-corrected chi connectivity index (χ0v) is 13.3. The Bertz CT molecular complexity index is 371. The molecular weight excluding hydrogens is 232 g/mol. The zero-order chi connectivity index (χ0) is 14.0. The number of nitrogens with one attached hydrogen (secondary N) is 1. The van der Waals surface area contributed by atoms with E-state index in [4.69, 9.17) is 0 Å². The molecule has 0 bridgehead atoms. The van der Waals surface area contributed by atoms with Crippen LogP contribution in [0.4, 0.5) is 0 Å². The first-order valence-corrected chi connectivity index (χ1v) is 7.91. The molecule has 1 heterocycles. The average Bonchev–Trinajstić information content (AvgIpc) is 2.27. The van der Waals surface area contributed by atoms with Gasteiger partial charge in [-0.1, -0.05) is 41.0 Å². The largest absolute Gasteiger partial charge is 0.283 e. The molecule has 2 heteroatoms. The second kappa shape index (κ2) is 5.68. The number of hydrogen-bond acceptors (Lipinski definition) is 2. The van der Waals surface area contributed by atoms with E-state index in [1.165, 1.54) is 37.8 Å². The number of rotatable bonds is 1. The molecule has 108 valence electrons. The van der Waals surface area contributed by atoms with Gasteiger partial charge in [0.2, 0.25) is 0 Å². The molecule has 2 unspecified atom stereocenters. The Balaban J connectivity index is 2.18. The minimum atomic E-state index is 0.446. The maximum Gasteiger partial charge on any atom is 0.0359 e. The van der Waals surface area contributed by atoms with Crippen LogP contribution in [0.3, 0.4) is 0 Å². The molecule has 0 saturated heterocycles. The van der Waals surface area contributed by atoms with Crippen LogP contribution in [0.1, 0.15) is 66.7 Å². The lowest BCUT2D eigenvalue weighted by Crippen LogP contribution is -2.28. The van der Waals surface area contributed by atoms with Gasteiger partial charge in [0.15, 0.2) is 0 Å². The third-order valence-electron chi connectivity index (χ3n) is 4.86. The summed E-state index contributed by atoms with van der Waals surface area (Å²) in [7, 11) is 0. The monoisotopic (exact) mass is 262 g/mol. The number of fused-ring (bicyclic) bond motifs is 1. The van der Waals surface area contributed by atoms with Crippen molar-refractivity contribution in [3.63, 3.8) is 0 Å². The van der Waals surface area contributed by atoms with Crippen molar-refractivity contribution in [2.45, 2.75) is 66.7 Å². The summed E-state index contributed by atoms with van der Waals surface area (Å²) in [5, 5.41) is 4.37. The highest BCUT2D eigenvalue weighted by molar-refractivity contribution is 5.67. The minimum absolute atomic E-state index is 0.446. The summed E-state index contributed by atoms with van der Waals surface area (Å²) in [6.07, 6.45) is 8.72. The molecule has 19 heavy (non-hydrogen) atoms. The Kier molecular flexibility index (Phi) is 4.37. The maximum absolute atomic E-state index is 4.37. The minimum Gasteiger partial charge on any atom is -0.283 e. The molecule has 1 aliphatic carbocycles. The molecule has 2 aliphatic rings. The van der Waals surface area contributed by atoms with E-state index in [9.17, 15) is 0 Å². The molecule has 0 spiro atoms. The molecule has 2 nitrogen and oxygen atoms in total. The third-order valence-corrected chi connectivity index (χ3v) is 4.86. The van der Waals surface area contributed by atoms with Gasteiger partial charge in [0.25, 0.3) is 0 Å². The fourth-order valence-corrected chi connectivity index (χ4v) is 3.55. The maximum atomic E-state index is 4.37. The SMILES string of the molecule is CC(C)C1=C2CCC(C(C)(C)C)CCCC2C=NN1. The first-order valence-electron chi connectivity index (χ1n) is 7.91. The zero-order valence-electron chi connectivity index (χ0n) is 13.3. The molecule has 0 aromatic rings. The van der Waals surface area contributed by atoms with E-state index in [0.717, 1.165) is 5.92 Å². The lowest BCUT2D eigenvalue weighted by atomic mass is 9.71. The van der Waals surface area contributed by atoms with Crippen molar-refractivity contribution in [3.05, 3.63) is 11.3 Å². The van der Waals surface area contributed by atoms with E-state index in [1.807, 2.05) is 0 Å². The lowest BCUT2D eigenvalue weighted by Gasteiger charge is -2.36. The molecule has 2 rings (SSSR count). The number of allylic oxidation sites excluding steroid dienone is 2. The Morgan fingerprint density at radius 1 is 1.21 bits per heavy atom. The normalized spacial score (nSPS) is 28.7. The van der Waals surface area contributed by atoms with Gasteiger partial charge in [-0.05, 0) is 48.5 Å². The van der Waals surface area contributed by atoms with E-state index < -0.39 is 0 Å². The van der Waals surface area contributed by atoms with Crippen LogP contribution < -0.4 is 5.43 Å². The molecule has 0 aromatic carbocycles. The third kappa shape index (κ3) is 3.40. The number of nitrogens with zero attached hydrogens (tertiary/aromatic N) is 1. The summed E-state index contributed by atoms with van der Waals surface area (Å²) in [6.45, 7) is 11.7. The smallest absolute Gasteiger partial charge is 0.0359 e. The fourth-order valence-electron chi connectivity index (χ4n) is 3.55. The Morgan fingerprint density at radius 3 is 2.58 bits per heavy atom. The van der Waals surface area contributed by atoms with Crippen molar-refractivity contribution < 1.29 is 0 Å². The summed E-state index contributed by atoms with van der Waals surface area (Å²) >= 11 is 0. The Hall–Kier alpha value is -0.790. The number of hydrogen-bond donors (Lipinski definition) is 1. The van der Waals surface area contributed by atoms with Gasteiger partial charge in [-0.2, -0.15) is 5.10 Å². The summed E-state index contributed by atoms with van der Waals surface area (Å²) in [5.74, 6) is 2.01. The molecule has 1 saturated carbocycles. The molecular formula is C17H30N2. The quantitative estimate of drug-likeness (QED) is 0.726. The van der Waals surface area contributed by atoms with Crippen molar-refractivity contribution in [1.82, 2.24) is 5.43 Å². The van der Waals surface area contributed by atoms with Crippen LogP contribution in [0.5, 0.6) is 0 Å². The van der Waals surface area contributed by atoms with E-state index >= 15 is 0 Å². The van der Waals surface area contributed by atoms with Gasteiger partial charge < -0.3 is 0 Å². The molecule has 1 fully saturated rings. The molecule has 2 atom stereocenters. The van der Waals surface area contributed by atoms with Gasteiger partial charge in [-0.15, -0.1) is 0 Å². The molecule has 0 aromatic heterocycles. The van der Waals surface area contributed by atoms with Crippen molar-refractivity contribution >= 4 is 6.21 Å². The van der Waals surface area contributed by atoms with Gasteiger partial charge in [-0.3, -0.25) is 5.43 Å². The second-order valence-electron chi connectivity index (χ2n) is 7.62. The Labute approximate surface area is 118 Å². The van der Waals surface area contributed by atoms with Crippen LogP contribution in [-0.4, -0.2) is 6.21 Å². The van der Waals surface area contributed by atoms with Crippen molar-refractivity contribution in [2.75, 3.05) is 0 Å². The Morgan fingerprint density at radius 2 is 1.95 bits per heavy atom. The molecule has 0 radical (unpaired) electrons. The van der Waals surface area contributed by atoms with E-state index in [2.05, 4.69) is 51.4 Å². The van der Waals surface area contributed by atoms with Gasteiger partial charge in [0.1, 0.15) is 0 Å². The lowest BCUT2D eigenvalue weighted by molar-refractivity contribution is 0.198. The second-order valence-corrected chi connectivity index (χ2v) is 7.62. The predicted molar refractivity (Wildman–Crippen MR) is 83.0 cm³/mol. The standard InChI is InChI=1S/C17H30N2/c1-12(2)16-15-10-9-14(17(3,4)5)8-6-7-13(15)11-18-19-16/h11-14,19H,6-10H2,1-5H3. The summed E-state index contributed by atoms with van der Waals surface area (Å²) in [5.41, 5.74) is 6.74. The summed E-state index contributed by atoms with van der Waals surface area (Å²) in [6, 6.07) is 0. The first kappa shape index (κ1) is 14.6. The van der Waals surface area contributed by atoms with Crippen LogP contribution in [0.2, 0.25) is 0 Å². The van der Waals surface area contributed by atoms with Gasteiger partial charge in [0.05, 0.1) is 0 Å². The van der Waals surface area contributed by atoms with Crippen molar-refractivity contribution in [3.8, 4) is 0 Å². The van der Waals surface area contributed by atoms with Gasteiger partial charge in [0, 0.05) is 17.8 Å². The van der Waals surface area contributed by atoms with E-state index in [1.54, 1.807) is 5.57 Å². The highest BCUT2D eigenvalue weighted by Gasteiger charge is 2.30. The highest BCUT2D eigenvalue weighted by atomic mass is 15.3. The van der Waals surface area contributed by atoms with Crippen LogP contribution in [0.15, 0.2) is 16.4 Å². The van der Waals surface area contributed by atoms with Gasteiger partial charge in [-0.25, -0.2) is 0 Å². The van der Waals surface area contributed by atoms with E-state index in [-0.39, 0.29) is 0 Å². The number of hydrazone groups is 1. The van der Waals surface area contributed by atoms with Crippen LogP contribution in [-0.2, 0) is 0 Å². The van der Waals surface area contributed by atoms with Crippen molar-refractivity contribution in [2.24, 2.45) is 28.3 Å².